The predicted octanol–water partition coefficient (Wildman–Crippen LogP) is 3.68. The minimum Gasteiger partial charge on any atom is -0.348 e. The van der Waals surface area contributed by atoms with Crippen molar-refractivity contribution in [2.24, 2.45) is 5.41 Å². The third-order valence-electron chi connectivity index (χ3n) is 3.58. The Hall–Kier alpha value is -0.610. The molecule has 0 fully saturated rings. The highest BCUT2D eigenvalue weighted by atomic mass is 32.1. The summed E-state index contributed by atoms with van der Waals surface area (Å²) in [4.78, 5) is 8.15. The summed E-state index contributed by atoms with van der Waals surface area (Å²) in [5.41, 5.74) is 0.258. The third kappa shape index (κ3) is 3.69. The number of hydrogen-bond donors (Lipinski definition) is 1. The number of nitrogens with one attached hydrogen (secondary N) is 1. The van der Waals surface area contributed by atoms with Crippen LogP contribution in [0.15, 0.2) is 6.20 Å². The van der Waals surface area contributed by atoms with Crippen LogP contribution in [0.2, 0.25) is 0 Å². The summed E-state index contributed by atoms with van der Waals surface area (Å²) in [6.45, 7) is 14.4. The summed E-state index contributed by atoms with van der Waals surface area (Å²) in [5, 5.41) is 4.53. The zero-order chi connectivity index (χ0) is 13.9. The van der Waals surface area contributed by atoms with Crippen molar-refractivity contribution >= 4 is 16.5 Å². The minimum absolute atomic E-state index is 0.258. The van der Waals surface area contributed by atoms with E-state index in [1.165, 1.54) is 4.88 Å². The molecule has 1 rings (SSSR count). The van der Waals surface area contributed by atoms with Crippen LogP contribution in [0.1, 0.15) is 52.5 Å². The van der Waals surface area contributed by atoms with Gasteiger partial charge >= 0.3 is 0 Å². The van der Waals surface area contributed by atoms with E-state index < -0.39 is 0 Å². The van der Waals surface area contributed by atoms with Gasteiger partial charge in [0.1, 0.15) is 0 Å². The Morgan fingerprint density at radius 2 is 2.00 bits per heavy atom. The molecule has 0 spiro atoms. The molecule has 0 radical (unpaired) electrons. The fraction of sp³-hybridized carbons (Fsp3) is 0.786. The largest absolute Gasteiger partial charge is 0.348 e. The van der Waals surface area contributed by atoms with E-state index in [0.29, 0.717) is 12.1 Å². The van der Waals surface area contributed by atoms with Crippen molar-refractivity contribution in [3.8, 4) is 0 Å². The first kappa shape index (κ1) is 15.4. The van der Waals surface area contributed by atoms with E-state index in [2.05, 4.69) is 63.8 Å². The van der Waals surface area contributed by atoms with Gasteiger partial charge < -0.3 is 10.2 Å². The first-order valence-corrected chi connectivity index (χ1v) is 7.51. The summed E-state index contributed by atoms with van der Waals surface area (Å²) in [5.74, 6) is 0. The fourth-order valence-corrected chi connectivity index (χ4v) is 2.78. The highest BCUT2D eigenvalue weighted by Gasteiger charge is 2.25. The van der Waals surface area contributed by atoms with E-state index in [1.54, 1.807) is 11.3 Å². The predicted molar refractivity (Wildman–Crippen MR) is 81.5 cm³/mol. The average Bonchev–Trinajstić information content (AvgIpc) is 2.75. The van der Waals surface area contributed by atoms with Gasteiger partial charge in [-0.1, -0.05) is 27.7 Å². The van der Waals surface area contributed by atoms with Crippen molar-refractivity contribution in [2.75, 3.05) is 18.5 Å². The Balaban J connectivity index is 2.79. The van der Waals surface area contributed by atoms with Gasteiger partial charge in [0.25, 0.3) is 0 Å². The van der Waals surface area contributed by atoms with Gasteiger partial charge in [0.15, 0.2) is 5.13 Å². The Morgan fingerprint density at radius 1 is 1.39 bits per heavy atom. The molecule has 1 heterocycles. The lowest BCUT2D eigenvalue weighted by molar-refractivity contribution is 0.329. The Morgan fingerprint density at radius 3 is 2.50 bits per heavy atom. The van der Waals surface area contributed by atoms with Gasteiger partial charge in [-0.25, -0.2) is 4.98 Å². The molecule has 4 heteroatoms. The van der Waals surface area contributed by atoms with Crippen LogP contribution in [0.4, 0.5) is 5.13 Å². The first-order valence-electron chi connectivity index (χ1n) is 6.69. The summed E-state index contributed by atoms with van der Waals surface area (Å²) in [6.07, 6.45) is 2.00. The van der Waals surface area contributed by atoms with E-state index in [-0.39, 0.29) is 5.41 Å². The third-order valence-corrected chi connectivity index (χ3v) is 4.86. The fourth-order valence-electron chi connectivity index (χ4n) is 1.79. The van der Waals surface area contributed by atoms with Crippen LogP contribution in [-0.2, 0) is 0 Å². The van der Waals surface area contributed by atoms with Crippen LogP contribution in [0, 0.1) is 5.41 Å². The van der Waals surface area contributed by atoms with Crippen molar-refractivity contribution in [1.29, 1.82) is 0 Å². The SMILES string of the molecule is CCNC(C)c1cnc(N(C)C(C)C(C)(C)C)s1. The second-order valence-electron chi connectivity index (χ2n) is 5.98. The van der Waals surface area contributed by atoms with Crippen LogP contribution in [0.25, 0.3) is 0 Å². The number of anilines is 1. The molecule has 0 saturated heterocycles. The smallest absolute Gasteiger partial charge is 0.185 e. The Kier molecular flexibility index (Phi) is 5.17. The first-order chi connectivity index (χ1) is 8.27. The van der Waals surface area contributed by atoms with Gasteiger partial charge in [-0.3, -0.25) is 0 Å². The zero-order valence-electron chi connectivity index (χ0n) is 12.7. The zero-order valence-corrected chi connectivity index (χ0v) is 13.6. The lowest BCUT2D eigenvalue weighted by atomic mass is 9.87. The van der Waals surface area contributed by atoms with E-state index in [9.17, 15) is 0 Å². The molecule has 0 aliphatic heterocycles. The molecule has 0 aliphatic carbocycles. The Bertz CT molecular complexity index is 367. The van der Waals surface area contributed by atoms with Crippen LogP contribution in [0.5, 0.6) is 0 Å². The van der Waals surface area contributed by atoms with E-state index in [0.717, 1.165) is 11.7 Å². The van der Waals surface area contributed by atoms with Crippen LogP contribution < -0.4 is 10.2 Å². The molecule has 2 atom stereocenters. The molecule has 0 amide bonds. The molecule has 1 aromatic rings. The van der Waals surface area contributed by atoms with Crippen molar-refractivity contribution < 1.29 is 0 Å². The molecular formula is C14H27N3S. The average molecular weight is 269 g/mol. The van der Waals surface area contributed by atoms with Crippen molar-refractivity contribution in [3.63, 3.8) is 0 Å². The minimum atomic E-state index is 0.258. The summed E-state index contributed by atoms with van der Waals surface area (Å²) in [7, 11) is 2.14. The molecule has 0 saturated carbocycles. The summed E-state index contributed by atoms with van der Waals surface area (Å²) in [6, 6.07) is 0.852. The maximum absolute atomic E-state index is 4.56. The highest BCUT2D eigenvalue weighted by Crippen LogP contribution is 2.31. The lowest BCUT2D eigenvalue weighted by Gasteiger charge is -2.35. The molecule has 0 aliphatic rings. The molecule has 104 valence electrons. The van der Waals surface area contributed by atoms with E-state index >= 15 is 0 Å². The van der Waals surface area contributed by atoms with Gasteiger partial charge in [-0.05, 0) is 25.8 Å². The number of hydrogen-bond acceptors (Lipinski definition) is 4. The van der Waals surface area contributed by atoms with Gasteiger partial charge in [0.05, 0.1) is 0 Å². The highest BCUT2D eigenvalue weighted by molar-refractivity contribution is 7.15. The van der Waals surface area contributed by atoms with Gasteiger partial charge in [0.2, 0.25) is 0 Å². The summed E-state index contributed by atoms with van der Waals surface area (Å²) >= 11 is 1.79. The van der Waals surface area contributed by atoms with Gasteiger partial charge in [-0.15, -0.1) is 11.3 Å². The molecule has 1 aromatic heterocycles. The maximum atomic E-state index is 4.56. The topological polar surface area (TPSA) is 28.2 Å². The Labute approximate surface area is 116 Å². The molecular weight excluding hydrogens is 242 g/mol. The second-order valence-corrected chi connectivity index (χ2v) is 7.02. The summed E-state index contributed by atoms with van der Waals surface area (Å²) < 4.78 is 0. The quantitative estimate of drug-likeness (QED) is 0.883. The van der Waals surface area contributed by atoms with Crippen LogP contribution >= 0.6 is 11.3 Å². The van der Waals surface area contributed by atoms with Crippen LogP contribution in [0.3, 0.4) is 0 Å². The number of nitrogens with zero attached hydrogens (tertiary/aromatic N) is 2. The van der Waals surface area contributed by atoms with Gasteiger partial charge in [-0.2, -0.15) is 0 Å². The molecule has 2 unspecified atom stereocenters. The van der Waals surface area contributed by atoms with Crippen molar-refractivity contribution in [1.82, 2.24) is 10.3 Å². The molecule has 18 heavy (non-hydrogen) atoms. The van der Waals surface area contributed by atoms with E-state index in [1.807, 2.05) is 6.20 Å². The monoisotopic (exact) mass is 269 g/mol. The molecule has 0 aromatic carbocycles. The number of aromatic nitrogens is 1. The van der Waals surface area contributed by atoms with E-state index in [4.69, 9.17) is 0 Å². The normalized spacial score (nSPS) is 15.5. The van der Waals surface area contributed by atoms with Crippen molar-refractivity contribution in [2.45, 2.75) is 53.6 Å². The number of rotatable bonds is 5. The molecule has 1 N–H and O–H groups in total. The van der Waals surface area contributed by atoms with Crippen molar-refractivity contribution in [3.05, 3.63) is 11.1 Å². The lowest BCUT2D eigenvalue weighted by Crippen LogP contribution is -2.39. The van der Waals surface area contributed by atoms with Crippen LogP contribution in [-0.4, -0.2) is 24.6 Å². The van der Waals surface area contributed by atoms with Gasteiger partial charge in [0, 0.05) is 30.2 Å². The maximum Gasteiger partial charge on any atom is 0.185 e. The molecule has 3 nitrogen and oxygen atoms in total. The number of thiazole rings is 1. The molecule has 0 bridgehead atoms. The standard InChI is InChI=1S/C14H27N3S/c1-8-15-10(2)12-9-16-13(18-12)17(7)11(3)14(4,5)6/h9-11,15H,8H2,1-7H3. The second kappa shape index (κ2) is 6.02.